The highest BCUT2D eigenvalue weighted by molar-refractivity contribution is 7.98. The lowest BCUT2D eigenvalue weighted by Gasteiger charge is -2.15. The van der Waals surface area contributed by atoms with Gasteiger partial charge in [-0.15, -0.1) is 23.1 Å². The summed E-state index contributed by atoms with van der Waals surface area (Å²) in [6.07, 6.45) is -1.15. The van der Waals surface area contributed by atoms with Gasteiger partial charge in [-0.3, -0.25) is 14.9 Å². The standard InChI is InChI=1S/C20H16ClN3O5S2/c1-12(19(25)23-17-8-14(24(27)28)6-7-16(17)21)29-20(26)15-4-2-3-5-18(15)31-10-13-9-30-11-22-13/h2-9,11-12H,10H2,1H3,(H,23,25). The molecule has 0 saturated carbocycles. The lowest BCUT2D eigenvalue weighted by Crippen LogP contribution is -2.30. The summed E-state index contributed by atoms with van der Waals surface area (Å²) in [6, 6.07) is 10.6. The number of thiazole rings is 1. The van der Waals surface area contributed by atoms with Crippen LogP contribution in [0.1, 0.15) is 23.0 Å². The number of nitrogens with one attached hydrogen (secondary N) is 1. The van der Waals surface area contributed by atoms with E-state index in [1.807, 2.05) is 5.38 Å². The molecule has 11 heteroatoms. The van der Waals surface area contributed by atoms with Crippen LogP contribution in [0.15, 0.2) is 58.3 Å². The number of esters is 1. The molecule has 0 spiro atoms. The third-order valence-corrected chi connectivity index (χ3v) is 6.11. The summed E-state index contributed by atoms with van der Waals surface area (Å²) >= 11 is 8.93. The van der Waals surface area contributed by atoms with E-state index in [4.69, 9.17) is 16.3 Å². The van der Waals surface area contributed by atoms with Gasteiger partial charge < -0.3 is 10.1 Å². The van der Waals surface area contributed by atoms with E-state index in [1.54, 1.807) is 29.8 Å². The van der Waals surface area contributed by atoms with Gasteiger partial charge in [0.15, 0.2) is 6.10 Å². The van der Waals surface area contributed by atoms with Gasteiger partial charge in [-0.05, 0) is 25.1 Å². The highest BCUT2D eigenvalue weighted by Gasteiger charge is 2.22. The van der Waals surface area contributed by atoms with E-state index >= 15 is 0 Å². The molecular formula is C20H16ClN3O5S2. The second-order valence-corrected chi connectivity index (χ2v) is 8.37. The Morgan fingerprint density at radius 1 is 1.32 bits per heavy atom. The van der Waals surface area contributed by atoms with Crippen molar-refractivity contribution in [3.05, 3.63) is 79.7 Å². The van der Waals surface area contributed by atoms with Gasteiger partial charge in [0.1, 0.15) is 0 Å². The van der Waals surface area contributed by atoms with Crippen LogP contribution < -0.4 is 5.32 Å². The second kappa shape index (κ2) is 10.4. The average molecular weight is 478 g/mol. The highest BCUT2D eigenvalue weighted by Crippen LogP contribution is 2.28. The van der Waals surface area contributed by atoms with Gasteiger partial charge in [-0.1, -0.05) is 23.7 Å². The molecule has 0 radical (unpaired) electrons. The number of nitro groups is 1. The molecule has 1 heterocycles. The van der Waals surface area contributed by atoms with Crippen molar-refractivity contribution < 1.29 is 19.2 Å². The van der Waals surface area contributed by atoms with E-state index in [2.05, 4.69) is 10.3 Å². The van der Waals surface area contributed by atoms with Crippen LogP contribution in [0.5, 0.6) is 0 Å². The van der Waals surface area contributed by atoms with E-state index in [1.165, 1.54) is 42.2 Å². The van der Waals surface area contributed by atoms with Crippen molar-refractivity contribution in [3.8, 4) is 0 Å². The summed E-state index contributed by atoms with van der Waals surface area (Å²) < 4.78 is 5.31. The van der Waals surface area contributed by atoms with Crippen LogP contribution in [0.25, 0.3) is 0 Å². The Morgan fingerprint density at radius 3 is 2.81 bits per heavy atom. The predicted molar refractivity (Wildman–Crippen MR) is 120 cm³/mol. The Balaban J connectivity index is 1.66. The number of rotatable bonds is 8. The number of hydrogen-bond acceptors (Lipinski definition) is 8. The summed E-state index contributed by atoms with van der Waals surface area (Å²) in [7, 11) is 0. The van der Waals surface area contributed by atoms with Crippen LogP contribution in [-0.4, -0.2) is 27.9 Å². The minimum Gasteiger partial charge on any atom is -0.449 e. The SMILES string of the molecule is CC(OC(=O)c1ccccc1SCc1cscn1)C(=O)Nc1cc([N+](=O)[O-])ccc1Cl. The van der Waals surface area contributed by atoms with Crippen LogP contribution in [0.2, 0.25) is 5.02 Å². The maximum absolute atomic E-state index is 12.7. The Morgan fingerprint density at radius 2 is 2.10 bits per heavy atom. The number of nitro benzene ring substituents is 1. The molecular weight excluding hydrogens is 462 g/mol. The number of aromatic nitrogens is 1. The van der Waals surface area contributed by atoms with Crippen molar-refractivity contribution >= 4 is 58.0 Å². The van der Waals surface area contributed by atoms with Crippen molar-refractivity contribution in [2.24, 2.45) is 0 Å². The second-order valence-electron chi connectivity index (χ2n) is 6.22. The molecule has 0 aliphatic rings. The lowest BCUT2D eigenvalue weighted by atomic mass is 10.2. The van der Waals surface area contributed by atoms with Crippen LogP contribution in [0.4, 0.5) is 11.4 Å². The smallest absolute Gasteiger partial charge is 0.340 e. The molecule has 0 bridgehead atoms. The number of hydrogen-bond donors (Lipinski definition) is 1. The predicted octanol–water partition coefficient (Wildman–Crippen LogP) is 5.18. The minimum absolute atomic E-state index is 0.0583. The zero-order chi connectivity index (χ0) is 22.4. The number of carbonyl (C=O) groups is 2. The molecule has 160 valence electrons. The zero-order valence-electron chi connectivity index (χ0n) is 16.1. The van der Waals surface area contributed by atoms with Gasteiger partial charge in [0.05, 0.1) is 32.4 Å². The van der Waals surface area contributed by atoms with Crippen molar-refractivity contribution in [3.63, 3.8) is 0 Å². The first-order valence-corrected chi connectivity index (χ1v) is 11.2. The average Bonchev–Trinajstić information content (AvgIpc) is 3.27. The lowest BCUT2D eigenvalue weighted by molar-refractivity contribution is -0.384. The molecule has 3 aromatic rings. The fraction of sp³-hybridized carbons (Fsp3) is 0.150. The molecule has 2 aromatic carbocycles. The van der Waals surface area contributed by atoms with E-state index in [0.717, 1.165) is 11.8 Å². The molecule has 3 rings (SSSR count). The number of amides is 1. The summed E-state index contributed by atoms with van der Waals surface area (Å²) in [6.45, 7) is 1.41. The summed E-state index contributed by atoms with van der Waals surface area (Å²) in [5.41, 5.74) is 2.80. The monoisotopic (exact) mass is 477 g/mol. The fourth-order valence-corrected chi connectivity index (χ4v) is 4.23. The molecule has 8 nitrogen and oxygen atoms in total. The van der Waals surface area contributed by atoms with Crippen LogP contribution in [0, 0.1) is 10.1 Å². The Labute approximate surface area is 190 Å². The Kier molecular flexibility index (Phi) is 7.61. The largest absolute Gasteiger partial charge is 0.449 e. The molecule has 0 fully saturated rings. The fourth-order valence-electron chi connectivity index (χ4n) is 2.46. The van der Waals surface area contributed by atoms with Crippen molar-refractivity contribution in [1.29, 1.82) is 0 Å². The minimum atomic E-state index is -1.15. The Bertz CT molecular complexity index is 1110. The van der Waals surface area contributed by atoms with Gasteiger partial charge in [0, 0.05) is 28.2 Å². The molecule has 1 aromatic heterocycles. The third-order valence-electron chi connectivity index (χ3n) is 4.04. The number of non-ortho nitro benzene ring substituents is 1. The number of anilines is 1. The first kappa shape index (κ1) is 22.7. The highest BCUT2D eigenvalue weighted by atomic mass is 35.5. The molecule has 1 amide bonds. The van der Waals surface area contributed by atoms with E-state index in [9.17, 15) is 19.7 Å². The first-order chi connectivity index (χ1) is 14.8. The topological polar surface area (TPSA) is 111 Å². The number of thioether (sulfide) groups is 1. The van der Waals surface area contributed by atoms with E-state index < -0.39 is 22.9 Å². The van der Waals surface area contributed by atoms with Crippen LogP contribution >= 0.6 is 34.7 Å². The van der Waals surface area contributed by atoms with E-state index in [0.29, 0.717) is 16.2 Å². The normalized spacial score (nSPS) is 11.5. The summed E-state index contributed by atoms with van der Waals surface area (Å²) in [4.78, 5) is 40.4. The molecule has 0 aliphatic carbocycles. The number of carbonyl (C=O) groups excluding carboxylic acids is 2. The summed E-state index contributed by atoms with van der Waals surface area (Å²) in [5.74, 6) is -0.729. The molecule has 1 N–H and O–H groups in total. The molecule has 0 aliphatic heterocycles. The quantitative estimate of drug-likeness (QED) is 0.206. The van der Waals surface area contributed by atoms with Gasteiger partial charge in [-0.25, -0.2) is 9.78 Å². The van der Waals surface area contributed by atoms with Crippen molar-refractivity contribution in [1.82, 2.24) is 4.98 Å². The van der Waals surface area contributed by atoms with Gasteiger partial charge in [0.2, 0.25) is 0 Å². The molecule has 1 unspecified atom stereocenters. The summed E-state index contributed by atoms with van der Waals surface area (Å²) in [5, 5.41) is 15.4. The zero-order valence-corrected chi connectivity index (χ0v) is 18.5. The molecule has 31 heavy (non-hydrogen) atoms. The van der Waals surface area contributed by atoms with Crippen molar-refractivity contribution in [2.75, 3.05) is 5.32 Å². The maximum atomic E-state index is 12.7. The van der Waals surface area contributed by atoms with Crippen LogP contribution in [0.3, 0.4) is 0 Å². The van der Waals surface area contributed by atoms with Crippen LogP contribution in [-0.2, 0) is 15.3 Å². The number of benzene rings is 2. The first-order valence-electron chi connectivity index (χ1n) is 8.90. The van der Waals surface area contributed by atoms with E-state index in [-0.39, 0.29) is 16.4 Å². The molecule has 1 atom stereocenters. The number of ether oxygens (including phenoxy) is 1. The number of nitrogens with zero attached hydrogens (tertiary/aromatic N) is 2. The third kappa shape index (κ3) is 6.03. The van der Waals surface area contributed by atoms with Gasteiger partial charge in [0.25, 0.3) is 11.6 Å². The maximum Gasteiger partial charge on any atom is 0.340 e. The van der Waals surface area contributed by atoms with Crippen molar-refractivity contribution in [2.45, 2.75) is 23.7 Å². The van der Waals surface area contributed by atoms with Gasteiger partial charge in [-0.2, -0.15) is 0 Å². The van der Waals surface area contributed by atoms with Gasteiger partial charge >= 0.3 is 5.97 Å². The Hall–Kier alpha value is -2.95. The molecule has 0 saturated heterocycles. The number of halogens is 1.